The van der Waals surface area contributed by atoms with Crippen molar-refractivity contribution in [3.63, 3.8) is 0 Å². The SMILES string of the molecule is Cc1noc(CCNS(=O)(=O)c2cc(N)cc(Cl)c2F)n1. The highest BCUT2D eigenvalue weighted by atomic mass is 35.5. The molecule has 0 radical (unpaired) electrons. The molecule has 0 aliphatic heterocycles. The number of benzene rings is 1. The molecule has 1 aromatic carbocycles. The Morgan fingerprint density at radius 1 is 1.48 bits per heavy atom. The maximum atomic E-state index is 13.8. The van der Waals surface area contributed by atoms with Crippen molar-refractivity contribution in [2.45, 2.75) is 18.2 Å². The molecule has 10 heteroatoms. The predicted molar refractivity (Wildman–Crippen MR) is 73.7 cm³/mol. The molecule has 1 aromatic heterocycles. The van der Waals surface area contributed by atoms with Crippen molar-refractivity contribution in [3.8, 4) is 0 Å². The predicted octanol–water partition coefficient (Wildman–Crippen LogP) is 1.27. The van der Waals surface area contributed by atoms with Gasteiger partial charge < -0.3 is 10.3 Å². The summed E-state index contributed by atoms with van der Waals surface area (Å²) in [6.45, 7) is 1.61. The van der Waals surface area contributed by atoms with Gasteiger partial charge in [-0.25, -0.2) is 17.5 Å². The molecule has 0 fully saturated rings. The molecule has 0 aliphatic carbocycles. The number of hydrogen-bond donors (Lipinski definition) is 2. The molecule has 7 nitrogen and oxygen atoms in total. The van der Waals surface area contributed by atoms with Gasteiger partial charge in [0, 0.05) is 18.7 Å². The van der Waals surface area contributed by atoms with E-state index in [1.807, 2.05) is 0 Å². The number of nitrogens with one attached hydrogen (secondary N) is 1. The van der Waals surface area contributed by atoms with Gasteiger partial charge in [-0.3, -0.25) is 0 Å². The largest absolute Gasteiger partial charge is 0.399 e. The van der Waals surface area contributed by atoms with Gasteiger partial charge in [-0.05, 0) is 19.1 Å². The van der Waals surface area contributed by atoms with Crippen LogP contribution >= 0.6 is 11.6 Å². The lowest BCUT2D eigenvalue weighted by molar-refractivity contribution is 0.375. The first kappa shape index (κ1) is 15.7. The minimum Gasteiger partial charge on any atom is -0.399 e. The van der Waals surface area contributed by atoms with Gasteiger partial charge in [-0.1, -0.05) is 16.8 Å². The molecule has 0 saturated heterocycles. The number of nitrogen functional groups attached to an aromatic ring is 1. The molecule has 114 valence electrons. The summed E-state index contributed by atoms with van der Waals surface area (Å²) in [4.78, 5) is 3.32. The maximum absolute atomic E-state index is 13.8. The standard InChI is InChI=1S/C11H12ClFN4O3S/c1-6-16-10(20-17-6)2-3-15-21(18,19)9-5-7(14)4-8(12)11(9)13/h4-5,15H,2-3,14H2,1H3. The van der Waals surface area contributed by atoms with Crippen molar-refractivity contribution in [1.29, 1.82) is 0 Å². The fourth-order valence-corrected chi connectivity index (χ4v) is 3.04. The van der Waals surface area contributed by atoms with E-state index in [2.05, 4.69) is 14.9 Å². The zero-order valence-electron chi connectivity index (χ0n) is 10.9. The van der Waals surface area contributed by atoms with Crippen LogP contribution < -0.4 is 10.5 Å². The van der Waals surface area contributed by atoms with Crippen LogP contribution in [0.25, 0.3) is 0 Å². The van der Waals surface area contributed by atoms with Gasteiger partial charge in [0.1, 0.15) is 4.90 Å². The highest BCUT2D eigenvalue weighted by Gasteiger charge is 2.21. The summed E-state index contributed by atoms with van der Waals surface area (Å²) in [7, 11) is -4.08. The second-order valence-corrected chi connectivity index (χ2v) is 6.34. The smallest absolute Gasteiger partial charge is 0.243 e. The number of halogens is 2. The lowest BCUT2D eigenvalue weighted by atomic mass is 10.3. The van der Waals surface area contributed by atoms with Gasteiger partial charge >= 0.3 is 0 Å². The van der Waals surface area contributed by atoms with E-state index in [1.165, 1.54) is 0 Å². The number of sulfonamides is 1. The van der Waals surface area contributed by atoms with Crippen molar-refractivity contribution in [3.05, 3.63) is 34.7 Å². The van der Waals surface area contributed by atoms with E-state index in [0.29, 0.717) is 5.82 Å². The summed E-state index contributed by atoms with van der Waals surface area (Å²) in [5, 5.41) is 3.21. The summed E-state index contributed by atoms with van der Waals surface area (Å²) in [6, 6.07) is 2.14. The zero-order chi connectivity index (χ0) is 15.6. The Morgan fingerprint density at radius 3 is 2.81 bits per heavy atom. The van der Waals surface area contributed by atoms with Crippen LogP contribution in [0.1, 0.15) is 11.7 Å². The van der Waals surface area contributed by atoms with Gasteiger partial charge in [0.2, 0.25) is 15.9 Å². The number of nitrogens with zero attached hydrogens (tertiary/aromatic N) is 2. The molecule has 0 amide bonds. The molecule has 0 unspecified atom stereocenters. The van der Waals surface area contributed by atoms with Gasteiger partial charge in [-0.2, -0.15) is 4.98 Å². The molecular weight excluding hydrogens is 323 g/mol. The molecule has 0 aliphatic rings. The van der Waals surface area contributed by atoms with Crippen molar-refractivity contribution in [1.82, 2.24) is 14.9 Å². The van der Waals surface area contributed by atoms with Gasteiger partial charge in [0.25, 0.3) is 0 Å². The molecule has 2 rings (SSSR count). The van der Waals surface area contributed by atoms with Gasteiger partial charge in [0.15, 0.2) is 11.6 Å². The quantitative estimate of drug-likeness (QED) is 0.797. The van der Waals surface area contributed by atoms with E-state index in [1.54, 1.807) is 6.92 Å². The third-order valence-corrected chi connectivity index (χ3v) is 4.24. The van der Waals surface area contributed by atoms with E-state index in [4.69, 9.17) is 21.9 Å². The van der Waals surface area contributed by atoms with Crippen LogP contribution in [-0.2, 0) is 16.4 Å². The van der Waals surface area contributed by atoms with E-state index in [9.17, 15) is 12.8 Å². The number of nitrogens with two attached hydrogens (primary N) is 1. The topological polar surface area (TPSA) is 111 Å². The average molecular weight is 335 g/mol. The molecule has 0 atom stereocenters. The highest BCUT2D eigenvalue weighted by Crippen LogP contribution is 2.25. The first-order valence-corrected chi connectivity index (χ1v) is 7.69. The summed E-state index contributed by atoms with van der Waals surface area (Å²) in [6.07, 6.45) is 0.178. The third kappa shape index (κ3) is 3.69. The lowest BCUT2D eigenvalue weighted by Crippen LogP contribution is -2.27. The zero-order valence-corrected chi connectivity index (χ0v) is 12.5. The van der Waals surface area contributed by atoms with Crippen LogP contribution in [0.4, 0.5) is 10.1 Å². The van der Waals surface area contributed by atoms with E-state index < -0.39 is 20.7 Å². The minimum absolute atomic E-state index is 0.0319. The van der Waals surface area contributed by atoms with Crippen LogP contribution in [0.3, 0.4) is 0 Å². The maximum Gasteiger partial charge on any atom is 0.243 e. The van der Waals surface area contributed by atoms with Crippen molar-refractivity contribution in [2.24, 2.45) is 0 Å². The van der Waals surface area contributed by atoms with Crippen LogP contribution in [0, 0.1) is 12.7 Å². The Morgan fingerprint density at radius 2 is 2.19 bits per heavy atom. The number of anilines is 1. The first-order chi connectivity index (χ1) is 9.79. The summed E-state index contributed by atoms with van der Waals surface area (Å²) >= 11 is 5.58. The molecule has 0 saturated carbocycles. The van der Waals surface area contributed by atoms with Crippen LogP contribution in [0.15, 0.2) is 21.6 Å². The summed E-state index contributed by atoms with van der Waals surface area (Å²) in [5.74, 6) is -0.324. The Balaban J connectivity index is 2.12. The molecule has 2 aromatic rings. The van der Waals surface area contributed by atoms with E-state index in [-0.39, 0.29) is 29.6 Å². The number of aromatic nitrogens is 2. The lowest BCUT2D eigenvalue weighted by Gasteiger charge is -2.08. The van der Waals surface area contributed by atoms with Crippen molar-refractivity contribution >= 4 is 27.3 Å². The van der Waals surface area contributed by atoms with Gasteiger partial charge in [0.05, 0.1) is 5.02 Å². The number of rotatable bonds is 5. The van der Waals surface area contributed by atoms with E-state index in [0.717, 1.165) is 12.1 Å². The Bertz CT molecular complexity index is 763. The van der Waals surface area contributed by atoms with E-state index >= 15 is 0 Å². The normalized spacial score (nSPS) is 11.8. The van der Waals surface area contributed by atoms with Crippen molar-refractivity contribution in [2.75, 3.05) is 12.3 Å². The average Bonchev–Trinajstić information content (AvgIpc) is 2.79. The molecule has 1 heterocycles. The highest BCUT2D eigenvalue weighted by molar-refractivity contribution is 7.89. The second kappa shape index (κ2) is 5.96. The molecule has 3 N–H and O–H groups in total. The van der Waals surface area contributed by atoms with Crippen LogP contribution in [-0.4, -0.2) is 25.1 Å². The molecular formula is C11H12ClFN4O3S. The number of hydrogen-bond acceptors (Lipinski definition) is 6. The van der Waals surface area contributed by atoms with Crippen molar-refractivity contribution < 1.29 is 17.3 Å². The van der Waals surface area contributed by atoms with Crippen LogP contribution in [0.5, 0.6) is 0 Å². The number of aryl methyl sites for hydroxylation is 1. The molecule has 21 heavy (non-hydrogen) atoms. The van der Waals surface area contributed by atoms with Gasteiger partial charge in [-0.15, -0.1) is 0 Å². The Kier molecular flexibility index (Phi) is 4.45. The summed E-state index contributed by atoms with van der Waals surface area (Å²) in [5.41, 5.74) is 5.52. The monoisotopic (exact) mass is 334 g/mol. The van der Waals surface area contributed by atoms with Crippen LogP contribution in [0.2, 0.25) is 5.02 Å². The minimum atomic E-state index is -4.08. The summed E-state index contributed by atoms with van der Waals surface area (Å²) < 4.78 is 44.9. The fourth-order valence-electron chi connectivity index (χ4n) is 1.59. The third-order valence-electron chi connectivity index (χ3n) is 2.51. The fraction of sp³-hybridized carbons (Fsp3) is 0.273. The molecule has 0 spiro atoms. The Labute approximate surface area is 125 Å². The molecule has 0 bridgehead atoms. The Hall–Kier alpha value is -1.71. The second-order valence-electron chi connectivity index (χ2n) is 4.20. The first-order valence-electron chi connectivity index (χ1n) is 5.83.